The Morgan fingerprint density at radius 1 is 0.935 bits per heavy atom. The third-order valence-corrected chi connectivity index (χ3v) is 9.40. The number of aromatic nitrogens is 3. The third-order valence-electron chi connectivity index (χ3n) is 8.42. The number of phosphoric acid groups is 1. The van der Waals surface area contributed by atoms with E-state index in [1.807, 2.05) is 6.07 Å². The molecule has 0 spiro atoms. The molecule has 5 atom stereocenters. The van der Waals surface area contributed by atoms with Gasteiger partial charge in [0.05, 0.1) is 12.3 Å². The van der Waals surface area contributed by atoms with E-state index in [1.165, 1.54) is 100 Å². The van der Waals surface area contributed by atoms with E-state index >= 15 is 0 Å². The van der Waals surface area contributed by atoms with Crippen molar-refractivity contribution in [2.75, 3.05) is 25.6 Å². The van der Waals surface area contributed by atoms with Crippen LogP contribution >= 0.6 is 7.82 Å². The molecule has 3 heterocycles. The van der Waals surface area contributed by atoms with Crippen LogP contribution in [0.4, 0.5) is 5.82 Å². The van der Waals surface area contributed by atoms with Gasteiger partial charge in [-0.3, -0.25) is 9.05 Å². The second-order valence-corrected chi connectivity index (χ2v) is 13.5. The molecule has 260 valence electrons. The molecule has 5 N–H and O–H groups in total. The van der Waals surface area contributed by atoms with Crippen molar-refractivity contribution in [2.24, 2.45) is 0 Å². The fourth-order valence-corrected chi connectivity index (χ4v) is 6.57. The first-order chi connectivity index (χ1) is 22.3. The summed E-state index contributed by atoms with van der Waals surface area (Å²) >= 11 is 0. The number of nitriles is 1. The van der Waals surface area contributed by atoms with Crippen LogP contribution in [0.1, 0.15) is 122 Å². The number of nitrogens with zero attached hydrogens (tertiary/aromatic N) is 4. The van der Waals surface area contributed by atoms with Gasteiger partial charge in [0.1, 0.15) is 30.1 Å². The Hall–Kier alpha value is -2.14. The number of unbranched alkanes of at least 4 members (excludes halogenated alkanes) is 15. The second-order valence-electron chi connectivity index (χ2n) is 12.1. The van der Waals surface area contributed by atoms with Gasteiger partial charge in [0.15, 0.2) is 12.1 Å². The van der Waals surface area contributed by atoms with Gasteiger partial charge >= 0.3 is 7.82 Å². The number of phosphoric ester groups is 1. The van der Waals surface area contributed by atoms with Gasteiger partial charge < -0.3 is 30.3 Å². The predicted octanol–water partition coefficient (Wildman–Crippen LogP) is 5.91. The lowest BCUT2D eigenvalue weighted by Gasteiger charge is -2.24. The van der Waals surface area contributed by atoms with Crippen LogP contribution in [0, 0.1) is 11.3 Å². The zero-order valence-electron chi connectivity index (χ0n) is 27.3. The lowest BCUT2D eigenvalue weighted by atomic mass is 9.93. The van der Waals surface area contributed by atoms with Crippen LogP contribution in [-0.2, 0) is 28.7 Å². The predicted molar refractivity (Wildman–Crippen MR) is 173 cm³/mol. The lowest BCUT2D eigenvalue weighted by Crippen LogP contribution is -2.40. The van der Waals surface area contributed by atoms with E-state index in [-0.39, 0.29) is 18.1 Å². The molecule has 0 bridgehead atoms. The zero-order chi connectivity index (χ0) is 33.3. The first-order valence-electron chi connectivity index (χ1n) is 17.0. The quantitative estimate of drug-likeness (QED) is 0.0723. The minimum Gasteiger partial charge on any atom is -0.386 e. The van der Waals surface area contributed by atoms with Crippen LogP contribution < -0.4 is 5.73 Å². The lowest BCUT2D eigenvalue weighted by molar-refractivity contribution is -0.143. The Morgan fingerprint density at radius 3 is 2.07 bits per heavy atom. The molecule has 2 aromatic rings. The summed E-state index contributed by atoms with van der Waals surface area (Å²) in [6.45, 7) is 3.37. The van der Waals surface area contributed by atoms with Crippen molar-refractivity contribution in [3.63, 3.8) is 0 Å². The van der Waals surface area contributed by atoms with Crippen molar-refractivity contribution in [1.82, 2.24) is 14.6 Å². The topological polar surface area (TPSA) is 195 Å². The number of aliphatic hydroxyl groups excluding tert-OH is 2. The second kappa shape index (κ2) is 20.3. The molecule has 46 heavy (non-hydrogen) atoms. The van der Waals surface area contributed by atoms with Gasteiger partial charge in [0.2, 0.25) is 5.60 Å². The van der Waals surface area contributed by atoms with Crippen LogP contribution in [-0.4, -0.2) is 68.0 Å². The van der Waals surface area contributed by atoms with Crippen LogP contribution in [0.5, 0.6) is 0 Å². The Labute approximate surface area is 273 Å². The normalized spacial score (nSPS) is 22.7. The molecule has 13 nitrogen and oxygen atoms in total. The number of ether oxygens (including phenoxy) is 2. The maximum Gasteiger partial charge on any atom is 0.474 e. The van der Waals surface area contributed by atoms with E-state index < -0.39 is 31.9 Å². The summed E-state index contributed by atoms with van der Waals surface area (Å²) in [5.74, 6) is 0.124. The molecule has 3 rings (SSSR count). The van der Waals surface area contributed by atoms with Gasteiger partial charge in [0, 0.05) is 13.2 Å². The van der Waals surface area contributed by atoms with Crippen molar-refractivity contribution in [2.45, 2.75) is 140 Å². The number of nitrogen functional groups attached to an aromatic ring is 1. The molecule has 1 aliphatic heterocycles. The molecular formula is C32H54N5O8P. The monoisotopic (exact) mass is 667 g/mol. The minimum absolute atomic E-state index is 0.0368. The molecule has 2 aromatic heterocycles. The van der Waals surface area contributed by atoms with Crippen molar-refractivity contribution in [1.29, 1.82) is 5.26 Å². The van der Waals surface area contributed by atoms with E-state index in [9.17, 15) is 24.9 Å². The largest absolute Gasteiger partial charge is 0.474 e. The smallest absolute Gasteiger partial charge is 0.386 e. The molecule has 0 radical (unpaired) electrons. The maximum absolute atomic E-state index is 12.5. The molecular weight excluding hydrogens is 613 g/mol. The summed E-state index contributed by atoms with van der Waals surface area (Å²) in [5.41, 5.74) is 4.06. The third kappa shape index (κ3) is 11.5. The Balaban J connectivity index is 1.21. The molecule has 1 fully saturated rings. The Morgan fingerprint density at radius 2 is 1.48 bits per heavy atom. The summed E-state index contributed by atoms with van der Waals surface area (Å²) in [7, 11) is -4.70. The van der Waals surface area contributed by atoms with Crippen molar-refractivity contribution < 1.29 is 38.2 Å². The highest BCUT2D eigenvalue weighted by Gasteiger charge is 2.59. The Bertz CT molecular complexity index is 1240. The van der Waals surface area contributed by atoms with Crippen molar-refractivity contribution in [3.8, 4) is 6.07 Å². The average Bonchev–Trinajstić information content (AvgIpc) is 3.58. The minimum atomic E-state index is -4.70. The molecule has 0 saturated carbocycles. The molecule has 1 saturated heterocycles. The van der Waals surface area contributed by atoms with E-state index in [4.69, 9.17) is 24.3 Å². The maximum atomic E-state index is 12.5. The van der Waals surface area contributed by atoms with Gasteiger partial charge in [-0.15, -0.1) is 0 Å². The molecule has 1 unspecified atom stereocenters. The van der Waals surface area contributed by atoms with E-state index in [0.29, 0.717) is 31.6 Å². The highest BCUT2D eigenvalue weighted by Crippen LogP contribution is 2.50. The number of fused-ring (bicyclic) bond motifs is 1. The van der Waals surface area contributed by atoms with Crippen LogP contribution in [0.3, 0.4) is 0 Å². The molecule has 0 aliphatic carbocycles. The number of rotatable bonds is 25. The summed E-state index contributed by atoms with van der Waals surface area (Å²) in [6, 6.07) is 4.78. The van der Waals surface area contributed by atoms with E-state index in [1.54, 1.807) is 0 Å². The molecule has 1 aliphatic rings. The fraction of sp³-hybridized carbons (Fsp3) is 0.781. The summed E-state index contributed by atoms with van der Waals surface area (Å²) in [6.07, 6.45) is 16.5. The summed E-state index contributed by atoms with van der Waals surface area (Å²) in [4.78, 5) is 14.1. The average molecular weight is 668 g/mol. The summed E-state index contributed by atoms with van der Waals surface area (Å²) in [5, 5.41) is 35.3. The van der Waals surface area contributed by atoms with Crippen LogP contribution in [0.15, 0.2) is 18.5 Å². The van der Waals surface area contributed by atoms with Gasteiger partial charge in [-0.1, -0.05) is 96.8 Å². The summed E-state index contributed by atoms with van der Waals surface area (Å²) < 4.78 is 35.1. The number of hydrogen-bond acceptors (Lipinski definition) is 11. The first kappa shape index (κ1) is 38.3. The number of aliphatic hydroxyl groups is 2. The van der Waals surface area contributed by atoms with Crippen LogP contribution in [0.25, 0.3) is 5.52 Å². The van der Waals surface area contributed by atoms with Crippen LogP contribution in [0.2, 0.25) is 0 Å². The highest BCUT2D eigenvalue weighted by atomic mass is 31.2. The molecule has 0 aromatic carbocycles. The number of nitrogens with two attached hydrogens (primary N) is 1. The van der Waals surface area contributed by atoms with Crippen molar-refractivity contribution in [3.05, 3.63) is 24.2 Å². The zero-order valence-corrected chi connectivity index (χ0v) is 28.2. The van der Waals surface area contributed by atoms with Gasteiger partial charge in [-0.25, -0.2) is 14.1 Å². The van der Waals surface area contributed by atoms with Gasteiger partial charge in [-0.05, 0) is 31.4 Å². The van der Waals surface area contributed by atoms with E-state index in [0.717, 1.165) is 19.2 Å². The number of hydrogen-bond donors (Lipinski definition) is 4. The molecule has 0 amide bonds. The van der Waals surface area contributed by atoms with Crippen molar-refractivity contribution >= 4 is 19.2 Å². The molecule has 14 heteroatoms. The number of anilines is 1. The highest BCUT2D eigenvalue weighted by molar-refractivity contribution is 7.47. The van der Waals surface area contributed by atoms with E-state index in [2.05, 4.69) is 17.0 Å². The first-order valence-corrected chi connectivity index (χ1v) is 18.5. The Kier molecular flexibility index (Phi) is 16.9. The fourth-order valence-electron chi connectivity index (χ4n) is 5.72. The van der Waals surface area contributed by atoms with Gasteiger partial charge in [-0.2, -0.15) is 10.4 Å². The van der Waals surface area contributed by atoms with Gasteiger partial charge in [0.25, 0.3) is 0 Å². The SMILES string of the molecule is CCCCCCCCCCCCCCCCCOCCCCOP(=O)(O)O[C@H]1O[C@@](C#N)(c2ccc3c(N)ncnn23)[C@H](O)[C@@H]1O. The standard InChI is InChI=1S/C32H54N5O8P/c1-2-3-4-5-6-7-8-9-10-11-12-13-14-15-16-21-42-22-17-18-23-43-46(40,41)45-31-28(38)29(39)32(24-33,44-31)27-20-19-26-30(34)35-25-36-37(26)27/h19-20,25,28-29,31,38-39H,2-18,21-23H2,1H3,(H,40,41)(H2,34,35,36)/t28-,29+,31+,32-/m0/s1.